The van der Waals surface area contributed by atoms with Gasteiger partial charge in [0.2, 0.25) is 0 Å². The SMILES string of the molecule is COc1cc(C)cc(C)c1C(=O)CCC(C)N. The minimum Gasteiger partial charge on any atom is -0.496 e. The number of rotatable bonds is 5. The van der Waals surface area contributed by atoms with Crippen LogP contribution in [0.15, 0.2) is 12.1 Å². The van der Waals surface area contributed by atoms with Crippen LogP contribution in [-0.2, 0) is 0 Å². The van der Waals surface area contributed by atoms with Crippen molar-refractivity contribution in [2.75, 3.05) is 7.11 Å². The van der Waals surface area contributed by atoms with E-state index in [9.17, 15) is 4.79 Å². The summed E-state index contributed by atoms with van der Waals surface area (Å²) in [5.41, 5.74) is 8.43. The molecular formula is C14H21NO2. The number of carbonyl (C=O) groups excluding carboxylic acids is 1. The lowest BCUT2D eigenvalue weighted by Gasteiger charge is -2.12. The molecule has 3 nitrogen and oxygen atoms in total. The Morgan fingerprint density at radius 3 is 2.59 bits per heavy atom. The van der Waals surface area contributed by atoms with Crippen molar-refractivity contribution < 1.29 is 9.53 Å². The number of nitrogens with two attached hydrogens (primary N) is 1. The molecule has 0 aliphatic rings. The first-order chi connectivity index (χ1) is 7.95. The first-order valence-corrected chi connectivity index (χ1v) is 5.89. The minimum atomic E-state index is 0.0516. The van der Waals surface area contributed by atoms with Crippen molar-refractivity contribution in [2.45, 2.75) is 39.7 Å². The Kier molecular flexibility index (Phi) is 4.70. The molecule has 0 aliphatic heterocycles. The van der Waals surface area contributed by atoms with Crippen LogP contribution in [0.25, 0.3) is 0 Å². The van der Waals surface area contributed by atoms with E-state index in [1.807, 2.05) is 32.9 Å². The third-order valence-corrected chi connectivity index (χ3v) is 2.77. The van der Waals surface area contributed by atoms with Crippen molar-refractivity contribution in [3.05, 3.63) is 28.8 Å². The predicted molar refractivity (Wildman–Crippen MR) is 69.7 cm³/mol. The average Bonchev–Trinajstić information content (AvgIpc) is 2.24. The first kappa shape index (κ1) is 13.7. The molecule has 17 heavy (non-hydrogen) atoms. The van der Waals surface area contributed by atoms with Crippen LogP contribution in [0.4, 0.5) is 0 Å². The fraction of sp³-hybridized carbons (Fsp3) is 0.500. The summed E-state index contributed by atoms with van der Waals surface area (Å²) in [4.78, 5) is 12.1. The van der Waals surface area contributed by atoms with E-state index in [0.29, 0.717) is 24.2 Å². The van der Waals surface area contributed by atoms with Crippen molar-refractivity contribution in [2.24, 2.45) is 5.73 Å². The molecule has 1 aromatic rings. The van der Waals surface area contributed by atoms with E-state index in [-0.39, 0.29) is 11.8 Å². The third kappa shape index (κ3) is 3.56. The molecule has 0 saturated heterocycles. The Hall–Kier alpha value is -1.35. The van der Waals surface area contributed by atoms with Crippen LogP contribution in [0.5, 0.6) is 5.75 Å². The van der Waals surface area contributed by atoms with E-state index in [0.717, 1.165) is 11.1 Å². The molecule has 0 radical (unpaired) electrons. The number of hydrogen-bond donors (Lipinski definition) is 1. The summed E-state index contributed by atoms with van der Waals surface area (Å²) in [5, 5.41) is 0. The highest BCUT2D eigenvalue weighted by Gasteiger charge is 2.16. The topological polar surface area (TPSA) is 52.3 Å². The van der Waals surface area contributed by atoms with Crippen LogP contribution in [-0.4, -0.2) is 18.9 Å². The molecule has 0 fully saturated rings. The summed E-state index contributed by atoms with van der Waals surface area (Å²) in [7, 11) is 1.59. The first-order valence-electron chi connectivity index (χ1n) is 5.89. The fourth-order valence-corrected chi connectivity index (χ4v) is 1.93. The van der Waals surface area contributed by atoms with Crippen LogP contribution in [0.1, 0.15) is 41.3 Å². The molecule has 0 aromatic heterocycles. The van der Waals surface area contributed by atoms with Gasteiger partial charge in [-0.1, -0.05) is 6.07 Å². The Bertz CT molecular complexity index is 411. The number of ether oxygens (including phenoxy) is 1. The van der Waals surface area contributed by atoms with Crippen LogP contribution in [0.3, 0.4) is 0 Å². The average molecular weight is 235 g/mol. The molecule has 3 heteroatoms. The zero-order valence-corrected chi connectivity index (χ0v) is 11.0. The standard InChI is InChI=1S/C14H21NO2/c1-9-7-10(2)14(13(8-9)17-4)12(16)6-5-11(3)15/h7-8,11H,5-6,15H2,1-4H3. The van der Waals surface area contributed by atoms with Gasteiger partial charge in [0.1, 0.15) is 5.75 Å². The summed E-state index contributed by atoms with van der Waals surface area (Å²) in [5.74, 6) is 0.772. The second-order valence-corrected chi connectivity index (χ2v) is 4.60. The summed E-state index contributed by atoms with van der Waals surface area (Å²) >= 11 is 0. The maximum atomic E-state index is 12.1. The lowest BCUT2D eigenvalue weighted by Crippen LogP contribution is -2.17. The Labute approximate surface area is 103 Å². The van der Waals surface area contributed by atoms with Crippen LogP contribution in [0.2, 0.25) is 0 Å². The zero-order valence-electron chi connectivity index (χ0n) is 11.0. The quantitative estimate of drug-likeness (QED) is 0.798. The van der Waals surface area contributed by atoms with Crippen molar-refractivity contribution in [1.29, 1.82) is 0 Å². The lowest BCUT2D eigenvalue weighted by atomic mass is 9.97. The zero-order chi connectivity index (χ0) is 13.0. The highest BCUT2D eigenvalue weighted by atomic mass is 16.5. The van der Waals surface area contributed by atoms with Gasteiger partial charge in [0.15, 0.2) is 5.78 Å². The third-order valence-electron chi connectivity index (χ3n) is 2.77. The van der Waals surface area contributed by atoms with E-state index in [1.165, 1.54) is 0 Å². The van der Waals surface area contributed by atoms with Gasteiger partial charge in [0, 0.05) is 12.5 Å². The number of Topliss-reactive ketones (excluding diaryl/α,β-unsaturated/α-hetero) is 1. The molecule has 0 aliphatic carbocycles. The number of carbonyl (C=O) groups is 1. The highest BCUT2D eigenvalue weighted by molar-refractivity contribution is 6.00. The molecule has 0 amide bonds. The largest absolute Gasteiger partial charge is 0.496 e. The van der Waals surface area contributed by atoms with Crippen molar-refractivity contribution in [1.82, 2.24) is 0 Å². The van der Waals surface area contributed by atoms with Gasteiger partial charge < -0.3 is 10.5 Å². The Balaban J connectivity index is 2.99. The fourth-order valence-electron chi connectivity index (χ4n) is 1.93. The lowest BCUT2D eigenvalue weighted by molar-refractivity contribution is 0.0974. The predicted octanol–water partition coefficient (Wildman–Crippen LogP) is 2.62. The number of ketones is 1. The monoisotopic (exact) mass is 235 g/mol. The highest BCUT2D eigenvalue weighted by Crippen LogP contribution is 2.26. The smallest absolute Gasteiger partial charge is 0.166 e. The van der Waals surface area contributed by atoms with Gasteiger partial charge in [0.25, 0.3) is 0 Å². The van der Waals surface area contributed by atoms with Gasteiger partial charge in [-0.3, -0.25) is 4.79 Å². The van der Waals surface area contributed by atoms with Gasteiger partial charge in [-0.15, -0.1) is 0 Å². The van der Waals surface area contributed by atoms with Gasteiger partial charge >= 0.3 is 0 Å². The second kappa shape index (κ2) is 5.82. The molecule has 1 rings (SSSR count). The maximum absolute atomic E-state index is 12.1. The molecule has 94 valence electrons. The molecule has 0 bridgehead atoms. The van der Waals surface area contributed by atoms with Crippen molar-refractivity contribution >= 4 is 5.78 Å². The minimum absolute atomic E-state index is 0.0516. The van der Waals surface area contributed by atoms with Gasteiger partial charge in [-0.2, -0.15) is 0 Å². The summed E-state index contributed by atoms with van der Waals surface area (Å²) in [6.07, 6.45) is 1.17. The molecular weight excluding hydrogens is 214 g/mol. The summed E-state index contributed by atoms with van der Waals surface area (Å²) in [6.45, 7) is 5.84. The maximum Gasteiger partial charge on any atom is 0.166 e. The molecule has 2 N–H and O–H groups in total. The summed E-state index contributed by atoms with van der Waals surface area (Å²) < 4.78 is 5.28. The van der Waals surface area contributed by atoms with E-state index in [2.05, 4.69) is 0 Å². The summed E-state index contributed by atoms with van der Waals surface area (Å²) in [6, 6.07) is 3.95. The molecule has 0 spiro atoms. The number of benzene rings is 1. The Morgan fingerprint density at radius 1 is 1.41 bits per heavy atom. The molecule has 0 heterocycles. The normalized spacial score (nSPS) is 12.3. The Morgan fingerprint density at radius 2 is 2.06 bits per heavy atom. The van der Waals surface area contributed by atoms with E-state index >= 15 is 0 Å². The van der Waals surface area contributed by atoms with Crippen molar-refractivity contribution in [3.63, 3.8) is 0 Å². The van der Waals surface area contributed by atoms with Crippen molar-refractivity contribution in [3.8, 4) is 5.75 Å². The van der Waals surface area contributed by atoms with E-state index < -0.39 is 0 Å². The van der Waals surface area contributed by atoms with Gasteiger partial charge in [-0.25, -0.2) is 0 Å². The number of aryl methyl sites for hydroxylation is 2. The van der Waals surface area contributed by atoms with E-state index in [1.54, 1.807) is 7.11 Å². The van der Waals surface area contributed by atoms with E-state index in [4.69, 9.17) is 10.5 Å². The van der Waals surface area contributed by atoms with Gasteiger partial charge in [0.05, 0.1) is 12.7 Å². The number of methoxy groups -OCH3 is 1. The van der Waals surface area contributed by atoms with Gasteiger partial charge in [-0.05, 0) is 44.4 Å². The second-order valence-electron chi connectivity index (χ2n) is 4.60. The molecule has 1 unspecified atom stereocenters. The molecule has 0 saturated carbocycles. The van der Waals surface area contributed by atoms with Crippen LogP contribution in [0, 0.1) is 13.8 Å². The number of hydrogen-bond acceptors (Lipinski definition) is 3. The molecule has 1 aromatic carbocycles. The van der Waals surface area contributed by atoms with Crippen LogP contribution < -0.4 is 10.5 Å². The van der Waals surface area contributed by atoms with Crippen LogP contribution >= 0.6 is 0 Å². The molecule has 1 atom stereocenters.